The molecule has 0 fully saturated rings. The molecule has 1 N–H and O–H groups in total. The molecule has 34 heavy (non-hydrogen) atoms. The maximum atomic E-state index is 13.1. The SMILES string of the molecule is COc1ccc(CCNC(=O)[C@@H](C)N(Cc2ccccc2)C(=O)COc2ccccc2Cl)cc1. The Bertz CT molecular complexity index is 1070. The Morgan fingerprint density at radius 1 is 0.941 bits per heavy atom. The molecule has 7 heteroatoms. The van der Waals surface area contributed by atoms with Crippen LogP contribution in [0.1, 0.15) is 18.1 Å². The lowest BCUT2D eigenvalue weighted by Crippen LogP contribution is -2.49. The lowest BCUT2D eigenvalue weighted by atomic mass is 10.1. The molecule has 0 radical (unpaired) electrons. The summed E-state index contributed by atoms with van der Waals surface area (Å²) in [7, 11) is 1.62. The van der Waals surface area contributed by atoms with Crippen LogP contribution in [-0.4, -0.2) is 43.0 Å². The molecule has 0 spiro atoms. The summed E-state index contributed by atoms with van der Waals surface area (Å²) in [4.78, 5) is 27.5. The van der Waals surface area contributed by atoms with Gasteiger partial charge in [-0.1, -0.05) is 66.2 Å². The van der Waals surface area contributed by atoms with Gasteiger partial charge in [0.25, 0.3) is 5.91 Å². The Morgan fingerprint density at radius 3 is 2.29 bits per heavy atom. The number of methoxy groups -OCH3 is 1. The quantitative estimate of drug-likeness (QED) is 0.438. The molecular weight excluding hydrogens is 452 g/mol. The average Bonchev–Trinajstić information content (AvgIpc) is 2.87. The summed E-state index contributed by atoms with van der Waals surface area (Å²) in [5, 5.41) is 3.36. The lowest BCUT2D eigenvalue weighted by Gasteiger charge is -2.28. The van der Waals surface area contributed by atoms with E-state index in [1.165, 1.54) is 4.90 Å². The number of halogens is 1. The number of carbonyl (C=O) groups excluding carboxylic acids is 2. The molecule has 0 bridgehead atoms. The molecule has 178 valence electrons. The largest absolute Gasteiger partial charge is 0.497 e. The number of ether oxygens (including phenoxy) is 2. The molecule has 2 amide bonds. The second-order valence-electron chi connectivity index (χ2n) is 7.79. The van der Waals surface area contributed by atoms with E-state index < -0.39 is 6.04 Å². The first-order valence-corrected chi connectivity index (χ1v) is 11.5. The van der Waals surface area contributed by atoms with Crippen molar-refractivity contribution in [1.82, 2.24) is 10.2 Å². The smallest absolute Gasteiger partial charge is 0.261 e. The third kappa shape index (κ3) is 7.25. The van der Waals surface area contributed by atoms with E-state index in [0.717, 1.165) is 16.9 Å². The topological polar surface area (TPSA) is 67.9 Å². The van der Waals surface area contributed by atoms with Crippen LogP contribution in [-0.2, 0) is 22.6 Å². The van der Waals surface area contributed by atoms with Gasteiger partial charge in [-0.25, -0.2) is 0 Å². The first kappa shape index (κ1) is 25.1. The van der Waals surface area contributed by atoms with Gasteiger partial charge in [0, 0.05) is 13.1 Å². The molecular formula is C27H29ClN2O4. The number of hydrogen-bond donors (Lipinski definition) is 1. The molecule has 0 aromatic heterocycles. The van der Waals surface area contributed by atoms with Crippen LogP contribution in [0.3, 0.4) is 0 Å². The van der Waals surface area contributed by atoms with Gasteiger partial charge in [0.05, 0.1) is 12.1 Å². The van der Waals surface area contributed by atoms with Crippen LogP contribution in [0, 0.1) is 0 Å². The fourth-order valence-electron chi connectivity index (χ4n) is 3.42. The monoisotopic (exact) mass is 480 g/mol. The van der Waals surface area contributed by atoms with Crippen molar-refractivity contribution in [3.05, 3.63) is 95.0 Å². The molecule has 3 rings (SSSR count). The van der Waals surface area contributed by atoms with Gasteiger partial charge in [-0.3, -0.25) is 9.59 Å². The summed E-state index contributed by atoms with van der Waals surface area (Å²) < 4.78 is 10.8. The highest BCUT2D eigenvalue weighted by Gasteiger charge is 2.26. The van der Waals surface area contributed by atoms with Gasteiger partial charge >= 0.3 is 0 Å². The van der Waals surface area contributed by atoms with Crippen LogP contribution in [0.25, 0.3) is 0 Å². The van der Waals surface area contributed by atoms with Gasteiger partial charge in [-0.05, 0) is 48.7 Å². The molecule has 1 atom stereocenters. The van der Waals surface area contributed by atoms with Gasteiger partial charge in [-0.15, -0.1) is 0 Å². The summed E-state index contributed by atoms with van der Waals surface area (Å²) in [5.74, 6) is 0.682. The molecule has 3 aromatic carbocycles. The van der Waals surface area contributed by atoms with Crippen molar-refractivity contribution in [2.75, 3.05) is 20.3 Å². The number of nitrogens with one attached hydrogen (secondary N) is 1. The highest BCUT2D eigenvalue weighted by molar-refractivity contribution is 6.32. The van der Waals surface area contributed by atoms with Gasteiger partial charge in [0.2, 0.25) is 5.91 Å². The van der Waals surface area contributed by atoms with E-state index in [4.69, 9.17) is 21.1 Å². The highest BCUT2D eigenvalue weighted by Crippen LogP contribution is 2.23. The summed E-state index contributed by atoms with van der Waals surface area (Å²) >= 11 is 6.13. The van der Waals surface area contributed by atoms with Gasteiger partial charge in [-0.2, -0.15) is 0 Å². The van der Waals surface area contributed by atoms with E-state index in [-0.39, 0.29) is 18.4 Å². The van der Waals surface area contributed by atoms with Gasteiger partial charge < -0.3 is 19.7 Å². The summed E-state index contributed by atoms with van der Waals surface area (Å²) in [6, 6.07) is 23.5. The predicted octanol–water partition coefficient (Wildman–Crippen LogP) is 4.50. The Balaban J connectivity index is 1.62. The first-order chi connectivity index (χ1) is 16.5. The van der Waals surface area contributed by atoms with Crippen LogP contribution >= 0.6 is 11.6 Å². The Labute approximate surface area is 205 Å². The molecule has 0 unspecified atom stereocenters. The van der Waals surface area contributed by atoms with E-state index in [9.17, 15) is 9.59 Å². The third-order valence-corrected chi connectivity index (χ3v) is 5.74. The van der Waals surface area contributed by atoms with Gasteiger partial charge in [0.15, 0.2) is 6.61 Å². The normalized spacial score (nSPS) is 11.4. The van der Waals surface area contributed by atoms with Gasteiger partial charge in [0.1, 0.15) is 17.5 Å². The second-order valence-corrected chi connectivity index (χ2v) is 8.20. The highest BCUT2D eigenvalue weighted by atomic mass is 35.5. The van der Waals surface area contributed by atoms with Crippen LogP contribution in [0.2, 0.25) is 5.02 Å². The maximum absolute atomic E-state index is 13.1. The third-order valence-electron chi connectivity index (χ3n) is 5.42. The standard InChI is InChI=1S/C27H29ClN2O4/c1-20(27(32)29-17-16-21-12-14-23(33-2)15-13-21)30(18-22-8-4-3-5-9-22)26(31)19-34-25-11-7-6-10-24(25)28/h3-15,20H,16-19H2,1-2H3,(H,29,32)/t20-/m1/s1. The lowest BCUT2D eigenvalue weighted by molar-refractivity contribution is -0.142. The van der Waals surface area contributed by atoms with Crippen LogP contribution in [0.15, 0.2) is 78.9 Å². The number of benzene rings is 3. The first-order valence-electron chi connectivity index (χ1n) is 11.1. The fraction of sp³-hybridized carbons (Fsp3) is 0.259. The van der Waals surface area contributed by atoms with E-state index in [0.29, 0.717) is 30.3 Å². The predicted molar refractivity (Wildman–Crippen MR) is 133 cm³/mol. The minimum atomic E-state index is -0.682. The molecule has 3 aromatic rings. The van der Waals surface area contributed by atoms with E-state index in [1.807, 2.05) is 54.6 Å². The molecule has 0 aliphatic carbocycles. The maximum Gasteiger partial charge on any atom is 0.261 e. The molecule has 0 heterocycles. The van der Waals surface area contributed by atoms with Crippen molar-refractivity contribution >= 4 is 23.4 Å². The number of carbonyl (C=O) groups is 2. The van der Waals surface area contributed by atoms with E-state index >= 15 is 0 Å². The number of rotatable bonds is 11. The van der Waals surface area contributed by atoms with Crippen LogP contribution in [0.4, 0.5) is 0 Å². The minimum absolute atomic E-state index is 0.222. The average molecular weight is 481 g/mol. The molecule has 6 nitrogen and oxygen atoms in total. The zero-order valence-corrected chi connectivity index (χ0v) is 20.1. The molecule has 0 aliphatic rings. The van der Waals surface area contributed by atoms with Crippen molar-refractivity contribution in [3.63, 3.8) is 0 Å². The second kappa shape index (κ2) is 12.7. The minimum Gasteiger partial charge on any atom is -0.497 e. The summed E-state index contributed by atoms with van der Waals surface area (Å²) in [6.45, 7) is 2.25. The number of amides is 2. The van der Waals surface area contributed by atoms with Crippen molar-refractivity contribution in [3.8, 4) is 11.5 Å². The van der Waals surface area contributed by atoms with Crippen molar-refractivity contribution in [2.24, 2.45) is 0 Å². The van der Waals surface area contributed by atoms with Crippen LogP contribution in [0.5, 0.6) is 11.5 Å². The molecule has 0 aliphatic heterocycles. The van der Waals surface area contributed by atoms with Crippen molar-refractivity contribution in [1.29, 1.82) is 0 Å². The fourth-order valence-corrected chi connectivity index (χ4v) is 3.61. The van der Waals surface area contributed by atoms with E-state index in [2.05, 4.69) is 5.32 Å². The zero-order chi connectivity index (χ0) is 24.3. The summed E-state index contributed by atoms with van der Waals surface area (Å²) in [5.41, 5.74) is 2.01. The van der Waals surface area contributed by atoms with E-state index in [1.54, 1.807) is 38.3 Å². The molecule has 0 saturated carbocycles. The Hall–Kier alpha value is -3.51. The van der Waals surface area contributed by atoms with Crippen molar-refractivity contribution < 1.29 is 19.1 Å². The zero-order valence-electron chi connectivity index (χ0n) is 19.4. The number of para-hydroxylation sites is 1. The molecule has 0 saturated heterocycles. The Kier molecular flexibility index (Phi) is 9.35. The Morgan fingerprint density at radius 2 is 1.62 bits per heavy atom. The van der Waals surface area contributed by atoms with Crippen molar-refractivity contribution in [2.45, 2.75) is 25.9 Å². The van der Waals surface area contributed by atoms with Crippen LogP contribution < -0.4 is 14.8 Å². The number of nitrogens with zero attached hydrogens (tertiary/aromatic N) is 1. The number of hydrogen-bond acceptors (Lipinski definition) is 4. The summed E-state index contributed by atoms with van der Waals surface area (Å²) in [6.07, 6.45) is 0.671.